The zero-order valence-electron chi connectivity index (χ0n) is 13.8. The molecule has 0 radical (unpaired) electrons. The van der Waals surface area contributed by atoms with Crippen LogP contribution < -0.4 is 5.73 Å². The number of nitrogens with two attached hydrogens (primary N) is 1. The predicted molar refractivity (Wildman–Crippen MR) is 97.1 cm³/mol. The molecule has 0 fully saturated rings. The summed E-state index contributed by atoms with van der Waals surface area (Å²) >= 11 is 0. The van der Waals surface area contributed by atoms with Crippen LogP contribution in [-0.2, 0) is 0 Å². The fourth-order valence-electron chi connectivity index (χ4n) is 2.67. The van der Waals surface area contributed by atoms with Crippen molar-refractivity contribution in [2.75, 3.05) is 5.73 Å². The van der Waals surface area contributed by atoms with Gasteiger partial charge in [-0.2, -0.15) is 0 Å². The molecular formula is C19H17N3O3. The maximum absolute atomic E-state index is 11.4. The van der Waals surface area contributed by atoms with Gasteiger partial charge in [0.1, 0.15) is 11.4 Å². The van der Waals surface area contributed by atoms with Crippen molar-refractivity contribution in [1.29, 1.82) is 0 Å². The number of aromatic hydroxyl groups is 1. The smallest absolute Gasteiger partial charge is 0.337 e. The SMILES string of the molecule is Cc1ccc(N=Nc2c(C)cc3cc(N)ccc3c2O)c(C(=O)O)c1. The highest BCUT2D eigenvalue weighted by molar-refractivity contribution is 5.96. The molecule has 0 aliphatic heterocycles. The van der Waals surface area contributed by atoms with E-state index in [4.69, 9.17) is 5.73 Å². The van der Waals surface area contributed by atoms with Crippen molar-refractivity contribution in [3.8, 4) is 5.75 Å². The van der Waals surface area contributed by atoms with Crippen LogP contribution in [0.15, 0.2) is 52.7 Å². The zero-order chi connectivity index (χ0) is 18.1. The molecule has 3 aromatic rings. The fourth-order valence-corrected chi connectivity index (χ4v) is 2.67. The summed E-state index contributed by atoms with van der Waals surface area (Å²) in [6.07, 6.45) is 0. The standard InChI is InChI=1S/C19H17N3O3/c1-10-3-6-16(15(7-10)19(24)25)21-22-17-11(2)8-12-9-13(20)4-5-14(12)18(17)23/h3-9,23H,20H2,1-2H3,(H,24,25). The lowest BCUT2D eigenvalue weighted by Gasteiger charge is -2.08. The van der Waals surface area contributed by atoms with Crippen LogP contribution in [0.1, 0.15) is 21.5 Å². The van der Waals surface area contributed by atoms with Crippen LogP contribution in [-0.4, -0.2) is 16.2 Å². The number of rotatable bonds is 3. The molecule has 4 N–H and O–H groups in total. The van der Waals surface area contributed by atoms with Crippen LogP contribution in [0.5, 0.6) is 5.75 Å². The average Bonchev–Trinajstić information content (AvgIpc) is 2.55. The van der Waals surface area contributed by atoms with Gasteiger partial charge in [-0.25, -0.2) is 4.79 Å². The number of phenols is 1. The van der Waals surface area contributed by atoms with E-state index in [0.717, 1.165) is 10.9 Å². The Balaban J connectivity index is 2.11. The van der Waals surface area contributed by atoms with Crippen LogP contribution in [0, 0.1) is 13.8 Å². The van der Waals surface area contributed by atoms with Gasteiger partial charge in [-0.05, 0) is 61.2 Å². The molecule has 6 nitrogen and oxygen atoms in total. The summed E-state index contributed by atoms with van der Waals surface area (Å²) in [7, 11) is 0. The first-order chi connectivity index (χ1) is 11.9. The molecule has 0 heterocycles. The number of aromatic carboxylic acids is 1. The number of carboxylic acid groups (broad SMARTS) is 1. The Morgan fingerprint density at radius 1 is 1.04 bits per heavy atom. The van der Waals surface area contributed by atoms with Gasteiger partial charge in [0, 0.05) is 11.1 Å². The summed E-state index contributed by atoms with van der Waals surface area (Å²) in [6.45, 7) is 3.60. The van der Waals surface area contributed by atoms with Crippen molar-refractivity contribution >= 4 is 33.8 Å². The summed E-state index contributed by atoms with van der Waals surface area (Å²) in [6, 6.07) is 11.9. The van der Waals surface area contributed by atoms with Crippen molar-refractivity contribution in [3.05, 3.63) is 59.2 Å². The Bertz CT molecular complexity index is 1030. The third-order valence-corrected chi connectivity index (χ3v) is 3.94. The van der Waals surface area contributed by atoms with Crippen molar-refractivity contribution < 1.29 is 15.0 Å². The van der Waals surface area contributed by atoms with Crippen LogP contribution in [0.2, 0.25) is 0 Å². The maximum Gasteiger partial charge on any atom is 0.337 e. The third-order valence-electron chi connectivity index (χ3n) is 3.94. The van der Waals surface area contributed by atoms with Gasteiger partial charge >= 0.3 is 5.97 Å². The van der Waals surface area contributed by atoms with E-state index in [0.29, 0.717) is 22.3 Å². The number of fused-ring (bicyclic) bond motifs is 1. The first-order valence-corrected chi connectivity index (χ1v) is 7.64. The number of phenolic OH excluding ortho intramolecular Hbond substituents is 1. The lowest BCUT2D eigenvalue weighted by Crippen LogP contribution is -1.96. The predicted octanol–water partition coefficient (Wildman–Crippen LogP) is 4.86. The van der Waals surface area contributed by atoms with Crippen LogP contribution in [0.25, 0.3) is 10.8 Å². The Kier molecular flexibility index (Phi) is 4.10. The first-order valence-electron chi connectivity index (χ1n) is 7.64. The van der Waals surface area contributed by atoms with Crippen molar-refractivity contribution in [2.45, 2.75) is 13.8 Å². The quantitative estimate of drug-likeness (QED) is 0.469. The van der Waals surface area contributed by atoms with Crippen LogP contribution in [0.4, 0.5) is 17.1 Å². The van der Waals surface area contributed by atoms with Crippen LogP contribution >= 0.6 is 0 Å². The molecule has 6 heteroatoms. The molecule has 3 aromatic carbocycles. The lowest BCUT2D eigenvalue weighted by molar-refractivity contribution is 0.0697. The minimum absolute atomic E-state index is 0.0114. The number of anilines is 1. The molecule has 0 aliphatic carbocycles. The van der Waals surface area contributed by atoms with E-state index in [1.807, 2.05) is 6.07 Å². The number of hydrogen-bond donors (Lipinski definition) is 3. The first kappa shape index (κ1) is 16.4. The van der Waals surface area contributed by atoms with E-state index in [2.05, 4.69) is 10.2 Å². The zero-order valence-corrected chi connectivity index (χ0v) is 13.8. The molecule has 3 rings (SSSR count). The second-order valence-corrected chi connectivity index (χ2v) is 5.90. The number of benzene rings is 3. The number of nitrogens with zero attached hydrogens (tertiary/aromatic N) is 2. The maximum atomic E-state index is 11.4. The molecule has 126 valence electrons. The van der Waals surface area contributed by atoms with Gasteiger partial charge in [0.25, 0.3) is 0 Å². The van der Waals surface area contributed by atoms with E-state index >= 15 is 0 Å². The van der Waals surface area contributed by atoms with Gasteiger partial charge in [-0.3, -0.25) is 0 Å². The van der Waals surface area contributed by atoms with Crippen molar-refractivity contribution in [3.63, 3.8) is 0 Å². The van der Waals surface area contributed by atoms with E-state index in [-0.39, 0.29) is 17.0 Å². The minimum atomic E-state index is -1.08. The number of hydrogen-bond acceptors (Lipinski definition) is 5. The molecule has 0 aliphatic rings. The molecule has 0 unspecified atom stereocenters. The summed E-state index contributed by atoms with van der Waals surface area (Å²) in [5.74, 6) is -1.09. The monoisotopic (exact) mass is 335 g/mol. The number of carbonyl (C=O) groups is 1. The van der Waals surface area contributed by atoms with Gasteiger partial charge < -0.3 is 15.9 Å². The Morgan fingerprint density at radius 2 is 1.80 bits per heavy atom. The van der Waals surface area contributed by atoms with Gasteiger partial charge in [0.2, 0.25) is 0 Å². The molecule has 0 amide bonds. The number of nitrogen functional groups attached to an aromatic ring is 1. The molecule has 0 spiro atoms. The molecule has 0 saturated heterocycles. The molecule has 0 atom stereocenters. The number of carboxylic acids is 1. The van der Waals surface area contributed by atoms with E-state index in [9.17, 15) is 15.0 Å². The van der Waals surface area contributed by atoms with Gasteiger partial charge in [0.05, 0.1) is 5.56 Å². The van der Waals surface area contributed by atoms with Gasteiger partial charge in [-0.1, -0.05) is 11.6 Å². The molecular weight excluding hydrogens is 318 g/mol. The Labute approximate surface area is 144 Å². The molecule has 25 heavy (non-hydrogen) atoms. The van der Waals surface area contributed by atoms with E-state index in [1.165, 1.54) is 6.07 Å². The van der Waals surface area contributed by atoms with E-state index < -0.39 is 5.97 Å². The average molecular weight is 335 g/mol. The normalized spacial score (nSPS) is 11.3. The van der Waals surface area contributed by atoms with Crippen molar-refractivity contribution in [2.24, 2.45) is 10.2 Å². The highest BCUT2D eigenvalue weighted by atomic mass is 16.4. The summed E-state index contributed by atoms with van der Waals surface area (Å²) < 4.78 is 0. The summed E-state index contributed by atoms with van der Waals surface area (Å²) in [5, 5.41) is 29.4. The highest BCUT2D eigenvalue weighted by Gasteiger charge is 2.13. The summed E-state index contributed by atoms with van der Waals surface area (Å²) in [5.41, 5.74) is 8.50. The second kappa shape index (κ2) is 6.24. The number of aryl methyl sites for hydroxylation is 2. The van der Waals surface area contributed by atoms with Gasteiger partial charge in [-0.15, -0.1) is 10.2 Å². The second-order valence-electron chi connectivity index (χ2n) is 5.90. The lowest BCUT2D eigenvalue weighted by atomic mass is 10.0. The molecule has 0 saturated carbocycles. The van der Waals surface area contributed by atoms with E-state index in [1.54, 1.807) is 44.2 Å². The molecule has 0 bridgehead atoms. The third kappa shape index (κ3) is 3.14. The van der Waals surface area contributed by atoms with Gasteiger partial charge in [0.15, 0.2) is 5.75 Å². The molecule has 0 aromatic heterocycles. The Hall–Kier alpha value is -3.41. The Morgan fingerprint density at radius 3 is 2.52 bits per heavy atom. The minimum Gasteiger partial charge on any atom is -0.505 e. The highest BCUT2D eigenvalue weighted by Crippen LogP contribution is 2.39. The largest absolute Gasteiger partial charge is 0.505 e. The fraction of sp³-hybridized carbons (Fsp3) is 0.105. The topological polar surface area (TPSA) is 108 Å². The number of azo groups is 1. The van der Waals surface area contributed by atoms with Crippen molar-refractivity contribution in [1.82, 2.24) is 0 Å². The van der Waals surface area contributed by atoms with Crippen LogP contribution in [0.3, 0.4) is 0 Å². The summed E-state index contributed by atoms with van der Waals surface area (Å²) in [4.78, 5) is 11.4.